The van der Waals surface area contributed by atoms with Crippen molar-refractivity contribution in [2.45, 2.75) is 32.0 Å². The molecule has 2 aromatic carbocycles. The van der Waals surface area contributed by atoms with Crippen LogP contribution in [0.5, 0.6) is 17.2 Å². The fourth-order valence-corrected chi connectivity index (χ4v) is 3.35. The van der Waals surface area contributed by atoms with Crippen LogP contribution in [0.2, 0.25) is 5.02 Å². The van der Waals surface area contributed by atoms with E-state index in [2.05, 4.69) is 15.9 Å². The fraction of sp³-hybridized carbons (Fsp3) is 0.381. The van der Waals surface area contributed by atoms with E-state index in [0.29, 0.717) is 40.9 Å². The third-order valence-electron chi connectivity index (χ3n) is 4.37. The maximum atomic E-state index is 12.9. The summed E-state index contributed by atoms with van der Waals surface area (Å²) >= 11 is 9.44. The summed E-state index contributed by atoms with van der Waals surface area (Å²) in [7, 11) is 1.53. The largest absolute Gasteiger partial charge is 0.493 e. The second-order valence-electron chi connectivity index (χ2n) is 7.40. The highest BCUT2D eigenvalue weighted by atomic mass is 79.9. The number of carbonyl (C=O) groups excluding carboxylic acids is 1. The van der Waals surface area contributed by atoms with Crippen molar-refractivity contribution in [1.29, 1.82) is 0 Å². The van der Waals surface area contributed by atoms with Gasteiger partial charge in [-0.25, -0.2) is 0 Å². The normalized spacial score (nSPS) is 16.8. The number of hydrogen-bond acceptors (Lipinski definition) is 5. The molecule has 1 N–H and O–H groups in total. The number of anilines is 1. The van der Waals surface area contributed by atoms with Gasteiger partial charge in [-0.3, -0.25) is 4.79 Å². The van der Waals surface area contributed by atoms with Crippen molar-refractivity contribution in [2.24, 2.45) is 0 Å². The zero-order valence-corrected chi connectivity index (χ0v) is 18.8. The van der Waals surface area contributed by atoms with E-state index in [-0.39, 0.29) is 12.5 Å². The molecule has 6 nitrogen and oxygen atoms in total. The maximum absolute atomic E-state index is 12.9. The monoisotopic (exact) mass is 483 g/mol. The number of benzene rings is 2. The molecule has 2 aromatic rings. The van der Waals surface area contributed by atoms with Crippen LogP contribution in [0.4, 0.5) is 5.69 Å². The quantitative estimate of drug-likeness (QED) is 0.629. The van der Waals surface area contributed by atoms with Crippen LogP contribution >= 0.6 is 27.5 Å². The molecule has 29 heavy (non-hydrogen) atoms. The molecular formula is C21H23BrClNO5. The second kappa shape index (κ2) is 8.81. The summed E-state index contributed by atoms with van der Waals surface area (Å²) in [6.45, 7) is 3.98. The van der Waals surface area contributed by atoms with Crippen molar-refractivity contribution < 1.29 is 24.1 Å². The van der Waals surface area contributed by atoms with Gasteiger partial charge in [-0.15, -0.1) is 0 Å². The Balaban J connectivity index is 1.72. The molecule has 1 saturated heterocycles. The maximum Gasteiger partial charge on any atom is 0.268 e. The lowest BCUT2D eigenvalue weighted by Gasteiger charge is -2.21. The topological polar surface area (TPSA) is 68.2 Å². The molecule has 1 heterocycles. The predicted molar refractivity (Wildman–Crippen MR) is 115 cm³/mol. The predicted octanol–water partition coefficient (Wildman–Crippen LogP) is 4.45. The lowest BCUT2D eigenvalue weighted by atomic mass is 10.2. The molecule has 1 aliphatic rings. The van der Waals surface area contributed by atoms with Crippen LogP contribution in [0.15, 0.2) is 40.9 Å². The first-order chi connectivity index (χ1) is 13.7. The molecule has 0 radical (unpaired) electrons. The molecule has 0 aliphatic carbocycles. The molecule has 1 unspecified atom stereocenters. The van der Waals surface area contributed by atoms with Gasteiger partial charge in [0.25, 0.3) is 5.91 Å². The Morgan fingerprint density at radius 2 is 2.00 bits per heavy atom. The minimum Gasteiger partial charge on any atom is -0.493 e. The van der Waals surface area contributed by atoms with Crippen LogP contribution in [-0.2, 0) is 4.79 Å². The summed E-state index contributed by atoms with van der Waals surface area (Å²) in [6.07, 6.45) is -0.0180. The molecule has 1 amide bonds. The highest BCUT2D eigenvalue weighted by Gasteiger charge is 2.34. The number of amides is 1. The highest BCUT2D eigenvalue weighted by Crippen LogP contribution is 2.35. The Kier molecular flexibility index (Phi) is 6.61. The molecule has 1 atom stereocenters. The first-order valence-electron chi connectivity index (χ1n) is 9.14. The van der Waals surface area contributed by atoms with Crippen molar-refractivity contribution >= 4 is 39.1 Å². The van der Waals surface area contributed by atoms with Crippen molar-refractivity contribution in [3.63, 3.8) is 0 Å². The molecule has 8 heteroatoms. The molecule has 0 spiro atoms. The van der Waals surface area contributed by atoms with Gasteiger partial charge in [-0.05, 0) is 60.1 Å². The standard InChI is InChI=1S/C21H23BrClNO5/c1-21(2,26)12-28-17-7-4-13(10-19(17)27-3)24-9-8-18(20(24)25)29-14-5-6-15(22)16(23)11-14/h4-7,10-11,18,26H,8-9,12H2,1-3H3. The molecule has 156 valence electrons. The van der Waals surface area contributed by atoms with Crippen LogP contribution in [0, 0.1) is 0 Å². The average molecular weight is 485 g/mol. The van der Waals surface area contributed by atoms with E-state index >= 15 is 0 Å². The van der Waals surface area contributed by atoms with Crippen molar-refractivity contribution in [3.05, 3.63) is 45.9 Å². The number of hydrogen-bond donors (Lipinski definition) is 1. The van der Waals surface area contributed by atoms with Crippen molar-refractivity contribution in [3.8, 4) is 17.2 Å². The van der Waals surface area contributed by atoms with E-state index in [9.17, 15) is 9.90 Å². The van der Waals surface area contributed by atoms with E-state index in [4.69, 9.17) is 25.8 Å². The summed E-state index contributed by atoms with van der Waals surface area (Å²) in [6, 6.07) is 10.5. The Labute approximate surface area is 183 Å². The van der Waals surface area contributed by atoms with Crippen LogP contribution in [0.3, 0.4) is 0 Å². The van der Waals surface area contributed by atoms with E-state index < -0.39 is 11.7 Å². The minimum atomic E-state index is -0.963. The Morgan fingerprint density at radius 3 is 2.66 bits per heavy atom. The molecular weight excluding hydrogens is 462 g/mol. The van der Waals surface area contributed by atoms with Crippen LogP contribution in [-0.4, -0.2) is 43.0 Å². The van der Waals surface area contributed by atoms with Crippen molar-refractivity contribution in [1.82, 2.24) is 0 Å². The highest BCUT2D eigenvalue weighted by molar-refractivity contribution is 9.10. The van der Waals surface area contributed by atoms with E-state index in [0.717, 1.165) is 4.47 Å². The number of rotatable bonds is 7. The van der Waals surface area contributed by atoms with Gasteiger partial charge in [0.05, 0.1) is 17.7 Å². The van der Waals surface area contributed by atoms with Gasteiger partial charge in [0, 0.05) is 29.2 Å². The average Bonchev–Trinajstić information content (AvgIpc) is 3.02. The first kappa shape index (κ1) is 21.7. The van der Waals surface area contributed by atoms with Crippen molar-refractivity contribution in [2.75, 3.05) is 25.2 Å². The zero-order valence-electron chi connectivity index (χ0n) is 16.4. The molecule has 1 aliphatic heterocycles. The summed E-state index contributed by atoms with van der Waals surface area (Å²) in [4.78, 5) is 14.5. The van der Waals surface area contributed by atoms with Gasteiger partial charge in [0.1, 0.15) is 12.4 Å². The number of nitrogens with zero attached hydrogens (tertiary/aromatic N) is 1. The summed E-state index contributed by atoms with van der Waals surface area (Å²) < 4.78 is 17.7. The first-order valence-corrected chi connectivity index (χ1v) is 10.3. The molecule has 1 fully saturated rings. The SMILES string of the molecule is COc1cc(N2CCC(Oc3ccc(Br)c(Cl)c3)C2=O)ccc1OCC(C)(C)O. The second-order valence-corrected chi connectivity index (χ2v) is 8.66. The van der Waals surface area contributed by atoms with Gasteiger partial charge in [0.2, 0.25) is 0 Å². The molecule has 0 aromatic heterocycles. The van der Waals surface area contributed by atoms with Gasteiger partial charge in [-0.1, -0.05) is 11.6 Å². The van der Waals surface area contributed by atoms with E-state index in [1.807, 2.05) is 0 Å². The third-order valence-corrected chi connectivity index (χ3v) is 5.60. The van der Waals surface area contributed by atoms with E-state index in [1.54, 1.807) is 55.1 Å². The van der Waals surface area contributed by atoms with Crippen LogP contribution in [0.1, 0.15) is 20.3 Å². The lowest BCUT2D eigenvalue weighted by Crippen LogP contribution is -2.32. The van der Waals surface area contributed by atoms with Gasteiger partial charge >= 0.3 is 0 Å². The summed E-state index contributed by atoms with van der Waals surface area (Å²) in [5, 5.41) is 10.4. The number of aliphatic hydroxyl groups is 1. The summed E-state index contributed by atoms with van der Waals surface area (Å²) in [5.41, 5.74) is -0.267. The van der Waals surface area contributed by atoms with E-state index in [1.165, 1.54) is 7.11 Å². The smallest absolute Gasteiger partial charge is 0.268 e. The summed E-state index contributed by atoms with van der Waals surface area (Å²) in [5.74, 6) is 1.41. The molecule has 3 rings (SSSR count). The Morgan fingerprint density at radius 1 is 1.24 bits per heavy atom. The Hall–Kier alpha value is -1.96. The van der Waals surface area contributed by atoms with Crippen LogP contribution in [0.25, 0.3) is 0 Å². The van der Waals surface area contributed by atoms with Crippen LogP contribution < -0.4 is 19.1 Å². The lowest BCUT2D eigenvalue weighted by molar-refractivity contribution is -0.122. The Bertz CT molecular complexity index is 899. The van der Waals surface area contributed by atoms with Gasteiger partial charge in [-0.2, -0.15) is 0 Å². The molecule has 0 bridgehead atoms. The fourth-order valence-electron chi connectivity index (χ4n) is 2.93. The molecule has 0 saturated carbocycles. The zero-order chi connectivity index (χ0) is 21.2. The number of ether oxygens (including phenoxy) is 3. The number of methoxy groups -OCH3 is 1. The van der Waals surface area contributed by atoms with Gasteiger partial charge in [0.15, 0.2) is 17.6 Å². The number of carbonyl (C=O) groups is 1. The number of halogens is 2. The minimum absolute atomic E-state index is 0.122. The third kappa shape index (κ3) is 5.35. The van der Waals surface area contributed by atoms with Gasteiger partial charge < -0.3 is 24.2 Å².